The third-order valence-electron chi connectivity index (χ3n) is 3.26. The Balaban J connectivity index is 2.46. The molecule has 19 heavy (non-hydrogen) atoms. The Bertz CT molecular complexity index is 545. The van der Waals surface area contributed by atoms with Gasteiger partial charge >= 0.3 is 0 Å². The Morgan fingerprint density at radius 1 is 1.21 bits per heavy atom. The number of nitrogens with zero attached hydrogens (tertiary/aromatic N) is 2. The molecule has 102 valence electrons. The fraction of sp³-hybridized carbons (Fsp3) is 0.308. The van der Waals surface area contributed by atoms with Crippen molar-refractivity contribution >= 4 is 34.8 Å². The van der Waals surface area contributed by atoms with Gasteiger partial charge < -0.3 is 5.73 Å². The van der Waals surface area contributed by atoms with E-state index in [1.165, 1.54) is 0 Å². The summed E-state index contributed by atoms with van der Waals surface area (Å²) in [7, 11) is 3.54. The topological polar surface area (TPSA) is 49.6 Å². The summed E-state index contributed by atoms with van der Waals surface area (Å²) in [5, 5.41) is 4.31. The van der Waals surface area contributed by atoms with Gasteiger partial charge in [-0.2, -0.15) is 0 Å². The largest absolute Gasteiger partial charge is 0.329 e. The van der Waals surface area contributed by atoms with Gasteiger partial charge in [-0.05, 0) is 18.2 Å². The smallest absolute Gasteiger partial charge is 0.249 e. The molecule has 6 heteroatoms. The Hall–Kier alpha value is -1.23. The van der Waals surface area contributed by atoms with Crippen LogP contribution in [0.4, 0.5) is 0 Å². The molecular weight excluding hydrogens is 285 g/mol. The molecule has 0 bridgehead atoms. The standard InChI is InChI=1S/C13H15Cl2N3O/c1-17-12(6-9(7-16)13(19)18(17)2)8-3-4-10(14)11(15)5-8/h3-6,9H,7,16H2,1-2H3. The third kappa shape index (κ3) is 2.56. The average molecular weight is 300 g/mol. The summed E-state index contributed by atoms with van der Waals surface area (Å²) in [6.07, 6.45) is 1.86. The van der Waals surface area contributed by atoms with Crippen LogP contribution >= 0.6 is 23.2 Å². The first kappa shape index (κ1) is 14.2. The highest BCUT2D eigenvalue weighted by atomic mass is 35.5. The molecule has 1 aromatic carbocycles. The van der Waals surface area contributed by atoms with Crippen molar-refractivity contribution in [2.24, 2.45) is 11.7 Å². The summed E-state index contributed by atoms with van der Waals surface area (Å²) in [5.41, 5.74) is 7.42. The number of hydrazine groups is 1. The van der Waals surface area contributed by atoms with Gasteiger partial charge in [-0.25, -0.2) is 0 Å². The number of nitrogens with two attached hydrogens (primary N) is 1. The number of halogens is 2. The Kier molecular flexibility index (Phi) is 4.04. The van der Waals surface area contributed by atoms with Crippen LogP contribution in [0.2, 0.25) is 10.0 Å². The summed E-state index contributed by atoms with van der Waals surface area (Å²) < 4.78 is 0. The molecule has 1 aliphatic rings. The van der Waals surface area contributed by atoms with Gasteiger partial charge in [0.05, 0.1) is 21.7 Å². The lowest BCUT2D eigenvalue weighted by Crippen LogP contribution is -2.48. The number of rotatable bonds is 2. The summed E-state index contributed by atoms with van der Waals surface area (Å²) in [6.45, 7) is 0.280. The van der Waals surface area contributed by atoms with Gasteiger partial charge in [0.2, 0.25) is 5.91 Å². The average Bonchev–Trinajstić information content (AvgIpc) is 2.40. The molecule has 0 aromatic heterocycles. The van der Waals surface area contributed by atoms with Gasteiger partial charge in [0, 0.05) is 26.2 Å². The quantitative estimate of drug-likeness (QED) is 0.911. The first-order valence-corrected chi connectivity index (χ1v) is 6.59. The molecule has 2 rings (SSSR count). The lowest BCUT2D eigenvalue weighted by Gasteiger charge is -2.38. The molecular formula is C13H15Cl2N3O. The highest BCUT2D eigenvalue weighted by molar-refractivity contribution is 6.42. The number of carbonyl (C=O) groups excluding carboxylic acids is 1. The van der Waals surface area contributed by atoms with Crippen molar-refractivity contribution in [3.8, 4) is 0 Å². The van der Waals surface area contributed by atoms with Crippen LogP contribution in [0.1, 0.15) is 5.56 Å². The lowest BCUT2D eigenvalue weighted by molar-refractivity contribution is -0.143. The first-order valence-electron chi connectivity index (χ1n) is 5.84. The van der Waals surface area contributed by atoms with E-state index in [0.29, 0.717) is 10.0 Å². The number of hydrogen-bond acceptors (Lipinski definition) is 3. The number of amides is 1. The highest BCUT2D eigenvalue weighted by Gasteiger charge is 2.29. The lowest BCUT2D eigenvalue weighted by atomic mass is 10.0. The Morgan fingerprint density at radius 3 is 2.47 bits per heavy atom. The van der Waals surface area contributed by atoms with Gasteiger partial charge in [0.1, 0.15) is 0 Å². The predicted molar refractivity (Wildman–Crippen MR) is 77.5 cm³/mol. The zero-order valence-corrected chi connectivity index (χ0v) is 12.2. The number of benzene rings is 1. The molecule has 0 spiro atoms. The number of hydrogen-bond donors (Lipinski definition) is 1. The second kappa shape index (κ2) is 5.41. The molecule has 1 aromatic rings. The van der Waals surface area contributed by atoms with Crippen LogP contribution in [-0.2, 0) is 4.79 Å². The molecule has 2 N–H and O–H groups in total. The summed E-state index contributed by atoms with van der Waals surface area (Å²) >= 11 is 11.9. The van der Waals surface area contributed by atoms with Gasteiger partial charge in [-0.1, -0.05) is 29.3 Å². The van der Waals surface area contributed by atoms with Crippen LogP contribution in [0.5, 0.6) is 0 Å². The van der Waals surface area contributed by atoms with Crippen molar-refractivity contribution in [2.45, 2.75) is 0 Å². The maximum Gasteiger partial charge on any atom is 0.249 e. The van der Waals surface area contributed by atoms with Crippen molar-refractivity contribution in [1.29, 1.82) is 0 Å². The molecule has 0 aliphatic carbocycles. The minimum absolute atomic E-state index is 0.0196. The van der Waals surface area contributed by atoms with Crippen molar-refractivity contribution in [1.82, 2.24) is 10.0 Å². The summed E-state index contributed by atoms with van der Waals surface area (Å²) in [5.74, 6) is -0.334. The van der Waals surface area contributed by atoms with Gasteiger partial charge in [-0.3, -0.25) is 14.8 Å². The van der Waals surface area contributed by atoms with Crippen LogP contribution in [0.25, 0.3) is 5.70 Å². The van der Waals surface area contributed by atoms with E-state index >= 15 is 0 Å². The van der Waals surface area contributed by atoms with Gasteiger partial charge in [-0.15, -0.1) is 0 Å². The van der Waals surface area contributed by atoms with Crippen LogP contribution in [0, 0.1) is 5.92 Å². The van der Waals surface area contributed by atoms with E-state index in [1.807, 2.05) is 19.2 Å². The molecule has 1 atom stereocenters. The number of carbonyl (C=O) groups is 1. The van der Waals surface area contributed by atoms with Gasteiger partial charge in [0.25, 0.3) is 0 Å². The third-order valence-corrected chi connectivity index (χ3v) is 4.00. The van der Waals surface area contributed by atoms with Crippen LogP contribution in [0.15, 0.2) is 24.3 Å². The van der Waals surface area contributed by atoms with Crippen molar-refractivity contribution in [3.63, 3.8) is 0 Å². The molecule has 0 fully saturated rings. The molecule has 0 radical (unpaired) electrons. The second-order valence-corrected chi connectivity index (χ2v) is 5.22. The summed E-state index contributed by atoms with van der Waals surface area (Å²) in [4.78, 5) is 12.0. The maximum atomic E-state index is 12.0. The van der Waals surface area contributed by atoms with E-state index in [4.69, 9.17) is 28.9 Å². The Morgan fingerprint density at radius 2 is 1.89 bits per heavy atom. The molecule has 1 heterocycles. The normalized spacial score (nSPS) is 19.7. The van der Waals surface area contributed by atoms with Crippen molar-refractivity contribution in [3.05, 3.63) is 39.9 Å². The predicted octanol–water partition coefficient (Wildman–Crippen LogP) is 2.23. The monoisotopic (exact) mass is 299 g/mol. The second-order valence-electron chi connectivity index (χ2n) is 4.41. The maximum absolute atomic E-state index is 12.0. The van der Waals surface area contributed by atoms with Crippen LogP contribution in [-0.4, -0.2) is 36.6 Å². The molecule has 4 nitrogen and oxygen atoms in total. The highest BCUT2D eigenvalue weighted by Crippen LogP contribution is 2.31. The van der Waals surface area contributed by atoms with Gasteiger partial charge in [0.15, 0.2) is 0 Å². The molecule has 0 saturated carbocycles. The fourth-order valence-electron chi connectivity index (χ4n) is 2.03. The van der Waals surface area contributed by atoms with E-state index in [0.717, 1.165) is 11.3 Å². The molecule has 0 saturated heterocycles. The van der Waals surface area contributed by atoms with E-state index in [1.54, 1.807) is 29.2 Å². The van der Waals surface area contributed by atoms with E-state index in [9.17, 15) is 4.79 Å². The van der Waals surface area contributed by atoms with Crippen LogP contribution < -0.4 is 5.73 Å². The van der Waals surface area contributed by atoms with E-state index in [-0.39, 0.29) is 18.4 Å². The van der Waals surface area contributed by atoms with E-state index in [2.05, 4.69) is 0 Å². The molecule has 1 amide bonds. The minimum Gasteiger partial charge on any atom is -0.329 e. The zero-order chi connectivity index (χ0) is 14.2. The Labute approximate surface area is 122 Å². The zero-order valence-electron chi connectivity index (χ0n) is 10.7. The van der Waals surface area contributed by atoms with Crippen LogP contribution in [0.3, 0.4) is 0 Å². The van der Waals surface area contributed by atoms with E-state index < -0.39 is 0 Å². The van der Waals surface area contributed by atoms with Crippen molar-refractivity contribution in [2.75, 3.05) is 20.6 Å². The summed E-state index contributed by atoms with van der Waals surface area (Å²) in [6, 6.07) is 5.39. The fourth-order valence-corrected chi connectivity index (χ4v) is 2.32. The molecule has 1 unspecified atom stereocenters. The SMILES string of the molecule is CN1C(=O)C(CN)C=C(c2ccc(Cl)c(Cl)c2)N1C. The van der Waals surface area contributed by atoms with Crippen molar-refractivity contribution < 1.29 is 4.79 Å². The molecule has 1 aliphatic heterocycles. The first-order chi connectivity index (χ1) is 8.95. The minimum atomic E-state index is -0.314.